The number of hydrogen-bond donors (Lipinski definition) is 1. The molecule has 2 fully saturated rings. The van der Waals surface area contributed by atoms with Crippen LogP contribution in [0, 0.1) is 12.8 Å². The Balaban J connectivity index is 1.22. The fourth-order valence-electron chi connectivity index (χ4n) is 4.59. The quantitative estimate of drug-likeness (QED) is 0.679. The molecule has 0 radical (unpaired) electrons. The van der Waals surface area contributed by atoms with Gasteiger partial charge in [0.1, 0.15) is 12.1 Å². The van der Waals surface area contributed by atoms with Crippen molar-refractivity contribution in [2.45, 2.75) is 32.6 Å². The molecule has 0 atom stereocenters. The SMILES string of the molecule is Cc1c(NC(=O)C2CCN(c3ccc4nncn4n3)CC2)cccc1C(=O)N1CCCC1. The van der Waals surface area contributed by atoms with Crippen LogP contribution in [0.4, 0.5) is 11.5 Å². The minimum Gasteiger partial charge on any atom is -0.355 e. The van der Waals surface area contributed by atoms with Gasteiger partial charge < -0.3 is 15.1 Å². The Morgan fingerprint density at radius 3 is 2.59 bits per heavy atom. The van der Waals surface area contributed by atoms with Crippen molar-refractivity contribution < 1.29 is 9.59 Å². The molecule has 2 aliphatic rings. The number of nitrogens with one attached hydrogen (secondary N) is 1. The molecule has 9 nitrogen and oxygen atoms in total. The molecule has 2 saturated heterocycles. The first-order valence-electron chi connectivity index (χ1n) is 11.2. The number of aromatic nitrogens is 4. The Bertz CT molecular complexity index is 1140. The molecule has 1 N–H and O–H groups in total. The summed E-state index contributed by atoms with van der Waals surface area (Å²) in [5.74, 6) is 0.866. The van der Waals surface area contributed by atoms with Gasteiger partial charge in [-0.05, 0) is 62.4 Å². The minimum atomic E-state index is -0.0674. The summed E-state index contributed by atoms with van der Waals surface area (Å²) >= 11 is 0. The van der Waals surface area contributed by atoms with E-state index in [9.17, 15) is 9.59 Å². The van der Waals surface area contributed by atoms with E-state index in [1.54, 1.807) is 10.8 Å². The minimum absolute atomic E-state index is 0.0146. The summed E-state index contributed by atoms with van der Waals surface area (Å²) in [6.45, 7) is 5.05. The van der Waals surface area contributed by atoms with Gasteiger partial charge in [-0.25, -0.2) is 0 Å². The van der Waals surface area contributed by atoms with Crippen LogP contribution in [0.2, 0.25) is 0 Å². The van der Waals surface area contributed by atoms with Crippen molar-refractivity contribution in [3.63, 3.8) is 0 Å². The van der Waals surface area contributed by atoms with Gasteiger partial charge in [0, 0.05) is 43.3 Å². The molecule has 9 heteroatoms. The largest absolute Gasteiger partial charge is 0.355 e. The zero-order valence-corrected chi connectivity index (χ0v) is 18.2. The van der Waals surface area contributed by atoms with Crippen LogP contribution < -0.4 is 10.2 Å². The topological polar surface area (TPSA) is 95.7 Å². The van der Waals surface area contributed by atoms with Crippen LogP contribution in [0.15, 0.2) is 36.7 Å². The second-order valence-corrected chi connectivity index (χ2v) is 8.55. The first kappa shape index (κ1) is 20.4. The molecule has 3 aromatic rings. The highest BCUT2D eigenvalue weighted by molar-refractivity contribution is 6.00. The molecule has 0 saturated carbocycles. The number of amides is 2. The number of rotatable bonds is 4. The first-order chi connectivity index (χ1) is 15.6. The summed E-state index contributed by atoms with van der Waals surface area (Å²) in [5, 5.41) is 15.5. The van der Waals surface area contributed by atoms with Crippen molar-refractivity contribution in [1.82, 2.24) is 24.7 Å². The van der Waals surface area contributed by atoms with Crippen LogP contribution in [0.1, 0.15) is 41.6 Å². The second kappa shape index (κ2) is 8.57. The van der Waals surface area contributed by atoms with Gasteiger partial charge in [0.15, 0.2) is 5.65 Å². The lowest BCUT2D eigenvalue weighted by Gasteiger charge is -2.32. The highest BCUT2D eigenvalue weighted by Crippen LogP contribution is 2.26. The van der Waals surface area contributed by atoms with E-state index < -0.39 is 0 Å². The van der Waals surface area contributed by atoms with Crippen LogP contribution >= 0.6 is 0 Å². The molecule has 0 unspecified atom stereocenters. The molecule has 166 valence electrons. The highest BCUT2D eigenvalue weighted by Gasteiger charge is 2.27. The van der Waals surface area contributed by atoms with Gasteiger partial charge in [-0.3, -0.25) is 9.59 Å². The molecular weight excluding hydrogens is 406 g/mol. The third-order valence-corrected chi connectivity index (χ3v) is 6.55. The number of anilines is 2. The fraction of sp³-hybridized carbons (Fsp3) is 0.435. The lowest BCUT2D eigenvalue weighted by Crippen LogP contribution is -2.38. The number of piperidine rings is 1. The molecule has 32 heavy (non-hydrogen) atoms. The number of carbonyl (C=O) groups excluding carboxylic acids is 2. The molecule has 2 aliphatic heterocycles. The monoisotopic (exact) mass is 433 g/mol. The molecule has 5 rings (SSSR count). The number of likely N-dealkylation sites (tertiary alicyclic amines) is 1. The Labute approximate surface area is 186 Å². The molecule has 1 aromatic carbocycles. The van der Waals surface area contributed by atoms with Crippen molar-refractivity contribution in [2.75, 3.05) is 36.4 Å². The van der Waals surface area contributed by atoms with E-state index in [1.807, 2.05) is 42.2 Å². The third kappa shape index (κ3) is 3.90. The number of fused-ring (bicyclic) bond motifs is 1. The smallest absolute Gasteiger partial charge is 0.254 e. The predicted octanol–water partition coefficient (Wildman–Crippen LogP) is 2.52. The lowest BCUT2D eigenvalue weighted by molar-refractivity contribution is -0.120. The predicted molar refractivity (Wildman–Crippen MR) is 121 cm³/mol. The molecule has 2 aromatic heterocycles. The van der Waals surface area contributed by atoms with Gasteiger partial charge >= 0.3 is 0 Å². The fourth-order valence-corrected chi connectivity index (χ4v) is 4.59. The Morgan fingerprint density at radius 2 is 1.81 bits per heavy atom. The third-order valence-electron chi connectivity index (χ3n) is 6.55. The number of nitrogens with zero attached hydrogens (tertiary/aromatic N) is 6. The average molecular weight is 434 g/mol. The number of benzene rings is 1. The summed E-state index contributed by atoms with van der Waals surface area (Å²) in [6.07, 6.45) is 5.20. The summed E-state index contributed by atoms with van der Waals surface area (Å²) in [7, 11) is 0. The molecule has 4 heterocycles. The van der Waals surface area contributed by atoms with E-state index >= 15 is 0 Å². The van der Waals surface area contributed by atoms with Crippen LogP contribution in [0.3, 0.4) is 0 Å². The van der Waals surface area contributed by atoms with E-state index in [-0.39, 0.29) is 17.7 Å². The van der Waals surface area contributed by atoms with E-state index in [1.165, 1.54) is 0 Å². The van der Waals surface area contributed by atoms with E-state index in [0.717, 1.165) is 68.9 Å². The van der Waals surface area contributed by atoms with Crippen molar-refractivity contribution in [1.29, 1.82) is 0 Å². The van der Waals surface area contributed by atoms with Gasteiger partial charge in [0.05, 0.1) is 0 Å². The zero-order valence-electron chi connectivity index (χ0n) is 18.2. The van der Waals surface area contributed by atoms with Gasteiger partial charge in [-0.1, -0.05) is 6.07 Å². The van der Waals surface area contributed by atoms with Crippen LogP contribution in [-0.2, 0) is 4.79 Å². The summed E-state index contributed by atoms with van der Waals surface area (Å²) < 4.78 is 1.66. The van der Waals surface area contributed by atoms with E-state index in [2.05, 4.69) is 25.5 Å². The normalized spacial score (nSPS) is 17.2. The van der Waals surface area contributed by atoms with Gasteiger partial charge in [0.2, 0.25) is 5.91 Å². The van der Waals surface area contributed by atoms with Crippen LogP contribution in [0.25, 0.3) is 5.65 Å². The second-order valence-electron chi connectivity index (χ2n) is 8.55. The van der Waals surface area contributed by atoms with Crippen molar-refractivity contribution >= 4 is 29.0 Å². The van der Waals surface area contributed by atoms with Crippen molar-refractivity contribution in [2.24, 2.45) is 5.92 Å². The van der Waals surface area contributed by atoms with Crippen molar-refractivity contribution in [3.05, 3.63) is 47.8 Å². The number of hydrogen-bond acceptors (Lipinski definition) is 6. The van der Waals surface area contributed by atoms with Crippen LogP contribution in [0.5, 0.6) is 0 Å². The Morgan fingerprint density at radius 1 is 1.03 bits per heavy atom. The number of carbonyl (C=O) groups is 2. The Hall–Kier alpha value is -3.49. The summed E-state index contributed by atoms with van der Waals surface area (Å²) in [5.41, 5.74) is 2.95. The lowest BCUT2D eigenvalue weighted by atomic mass is 9.95. The summed E-state index contributed by atoms with van der Waals surface area (Å²) in [4.78, 5) is 29.9. The molecule has 0 aliphatic carbocycles. The first-order valence-corrected chi connectivity index (χ1v) is 11.2. The molecular formula is C23H27N7O2. The van der Waals surface area contributed by atoms with E-state index in [4.69, 9.17) is 0 Å². The Kier molecular flexibility index (Phi) is 5.46. The van der Waals surface area contributed by atoms with Gasteiger partial charge in [-0.2, -0.15) is 4.52 Å². The standard InChI is InChI=1S/C23H27N7O2/c1-16-18(23(32)29-11-2-3-12-29)5-4-6-19(16)25-22(31)17-9-13-28(14-10-17)21-8-7-20-26-24-15-30(20)27-21/h4-8,15,17H,2-3,9-14H2,1H3,(H,25,31). The van der Waals surface area contributed by atoms with Crippen molar-refractivity contribution in [3.8, 4) is 0 Å². The van der Waals surface area contributed by atoms with Crippen LogP contribution in [-0.4, -0.2) is 62.7 Å². The maximum Gasteiger partial charge on any atom is 0.254 e. The highest BCUT2D eigenvalue weighted by atomic mass is 16.2. The molecule has 0 bridgehead atoms. The van der Waals surface area contributed by atoms with Gasteiger partial charge in [0.25, 0.3) is 5.91 Å². The maximum atomic E-state index is 13.0. The summed E-state index contributed by atoms with van der Waals surface area (Å²) in [6, 6.07) is 9.41. The van der Waals surface area contributed by atoms with Gasteiger partial charge in [-0.15, -0.1) is 15.3 Å². The van der Waals surface area contributed by atoms with E-state index in [0.29, 0.717) is 11.2 Å². The maximum absolute atomic E-state index is 13.0. The molecule has 2 amide bonds. The zero-order chi connectivity index (χ0) is 22.1. The molecule has 0 spiro atoms. The average Bonchev–Trinajstić information content (AvgIpc) is 3.52.